The first-order chi connectivity index (χ1) is 15.7. The Bertz CT molecular complexity index is 1270. The van der Waals surface area contributed by atoms with Crippen LogP contribution in [0.4, 0.5) is 5.69 Å². The summed E-state index contributed by atoms with van der Waals surface area (Å²) in [7, 11) is 0. The van der Waals surface area contributed by atoms with Gasteiger partial charge in [-0.3, -0.25) is 4.79 Å². The van der Waals surface area contributed by atoms with E-state index in [4.69, 9.17) is 14.8 Å². The Labute approximate surface area is 186 Å². The molecule has 7 nitrogen and oxygen atoms in total. The van der Waals surface area contributed by atoms with Gasteiger partial charge in [0.1, 0.15) is 18.0 Å². The van der Waals surface area contributed by atoms with Crippen LogP contribution >= 0.6 is 0 Å². The number of anilines is 1. The van der Waals surface area contributed by atoms with Gasteiger partial charge in [-0.15, -0.1) is 0 Å². The van der Waals surface area contributed by atoms with Crippen LogP contribution in [0.2, 0.25) is 0 Å². The highest BCUT2D eigenvalue weighted by atomic mass is 16.4. The molecule has 0 radical (unpaired) electrons. The number of aromatic nitrogens is 1. The summed E-state index contributed by atoms with van der Waals surface area (Å²) in [4.78, 5) is 15.5. The Morgan fingerprint density at radius 2 is 2.03 bits per heavy atom. The fourth-order valence-corrected chi connectivity index (χ4v) is 3.82. The number of aliphatic hydroxyl groups is 1. The van der Waals surface area contributed by atoms with E-state index < -0.39 is 0 Å². The number of aryl methyl sites for hydroxylation is 1. The molecule has 0 saturated carbocycles. The molecule has 164 valence electrons. The largest absolute Gasteiger partial charge is 0.459 e. The maximum Gasteiger partial charge on any atom is 0.225 e. The van der Waals surface area contributed by atoms with E-state index in [2.05, 4.69) is 21.7 Å². The molecular weight excluding hydrogens is 404 g/mol. The molecule has 0 aliphatic rings. The van der Waals surface area contributed by atoms with Crippen LogP contribution in [0.15, 0.2) is 53.1 Å². The van der Waals surface area contributed by atoms with Gasteiger partial charge in [-0.25, -0.2) is 0 Å². The van der Waals surface area contributed by atoms with E-state index in [-0.39, 0.29) is 12.5 Å². The van der Waals surface area contributed by atoms with Crippen LogP contribution in [0.5, 0.6) is 0 Å². The number of unbranched alkanes of at least 4 members (excludes halogenated alkanes) is 1. The van der Waals surface area contributed by atoms with Gasteiger partial charge >= 0.3 is 0 Å². The quantitative estimate of drug-likeness (QED) is 0.281. The van der Waals surface area contributed by atoms with Crippen molar-refractivity contribution in [1.82, 2.24) is 10.3 Å². The normalized spacial score (nSPS) is 11.1. The average molecular weight is 431 g/mol. The van der Waals surface area contributed by atoms with Gasteiger partial charge in [-0.05, 0) is 73.8 Å². The molecule has 1 amide bonds. The summed E-state index contributed by atoms with van der Waals surface area (Å²) in [5.41, 5.74) is 4.37. The highest BCUT2D eigenvalue weighted by molar-refractivity contribution is 5.93. The predicted octanol–water partition coefficient (Wildman–Crippen LogP) is 4.22. The van der Waals surface area contributed by atoms with Crippen LogP contribution in [0.3, 0.4) is 0 Å². The molecule has 4 rings (SSSR count). The number of nitriles is 1. The van der Waals surface area contributed by atoms with Crippen molar-refractivity contribution in [3.05, 3.63) is 65.5 Å². The molecular formula is C25H26N4O3. The molecule has 0 fully saturated rings. The average Bonchev–Trinajstić information content (AvgIpc) is 3.41. The van der Waals surface area contributed by atoms with Gasteiger partial charge in [0.2, 0.25) is 5.91 Å². The van der Waals surface area contributed by atoms with E-state index in [0.29, 0.717) is 35.6 Å². The first-order valence-corrected chi connectivity index (χ1v) is 10.8. The fourth-order valence-electron chi connectivity index (χ4n) is 3.82. The van der Waals surface area contributed by atoms with Crippen molar-refractivity contribution in [1.29, 1.82) is 5.26 Å². The third kappa shape index (κ3) is 5.17. The molecule has 0 aliphatic heterocycles. The highest BCUT2D eigenvalue weighted by Gasteiger charge is 2.07. The number of furan rings is 1. The van der Waals surface area contributed by atoms with E-state index in [1.807, 2.05) is 30.5 Å². The lowest BCUT2D eigenvalue weighted by Crippen LogP contribution is -2.22. The van der Waals surface area contributed by atoms with Gasteiger partial charge in [-0.1, -0.05) is 0 Å². The lowest BCUT2D eigenvalue weighted by molar-refractivity contribution is -0.116. The number of nitrogens with one attached hydrogen (secondary N) is 3. The maximum atomic E-state index is 12.2. The zero-order valence-corrected chi connectivity index (χ0v) is 17.8. The molecule has 7 heteroatoms. The molecule has 2 aromatic carbocycles. The Morgan fingerprint density at radius 3 is 2.88 bits per heavy atom. The third-order valence-electron chi connectivity index (χ3n) is 5.48. The Hall–Kier alpha value is -3.60. The van der Waals surface area contributed by atoms with E-state index in [1.54, 1.807) is 18.2 Å². The molecule has 0 saturated heterocycles. The highest BCUT2D eigenvalue weighted by Crippen LogP contribution is 2.23. The lowest BCUT2D eigenvalue weighted by atomic mass is 10.1. The minimum atomic E-state index is -0.147. The number of rotatable bonds is 10. The van der Waals surface area contributed by atoms with Crippen molar-refractivity contribution >= 4 is 33.5 Å². The molecule has 2 aromatic heterocycles. The Morgan fingerprint density at radius 1 is 1.12 bits per heavy atom. The first kappa shape index (κ1) is 21.6. The summed E-state index contributed by atoms with van der Waals surface area (Å²) in [5.74, 6) is 0.458. The van der Waals surface area contributed by atoms with Gasteiger partial charge in [-0.2, -0.15) is 5.26 Å². The number of benzene rings is 2. The molecule has 0 unspecified atom stereocenters. The van der Waals surface area contributed by atoms with Crippen LogP contribution in [-0.4, -0.2) is 29.1 Å². The molecule has 4 aromatic rings. The number of carbonyl (C=O) groups is 1. The van der Waals surface area contributed by atoms with Crippen LogP contribution in [0.25, 0.3) is 21.9 Å². The summed E-state index contributed by atoms with van der Waals surface area (Å²) in [5, 5.41) is 26.4. The topological polar surface area (TPSA) is 114 Å². The van der Waals surface area contributed by atoms with Gasteiger partial charge in [0.25, 0.3) is 0 Å². The maximum absolute atomic E-state index is 12.2. The molecule has 0 spiro atoms. The number of aromatic amines is 1. The number of hydrogen-bond acceptors (Lipinski definition) is 5. The standard InChI is InChI=1S/C25H26N4O3/c26-14-17-4-6-23-22(11-17)18(15-28-23)3-1-2-9-27-10-8-25(31)29-20-5-7-24-19(12-20)13-21(16-30)32-24/h4-7,11-13,15,27-28,30H,1-3,8-10,16H2,(H,29,31). The first-order valence-electron chi connectivity index (χ1n) is 10.8. The van der Waals surface area contributed by atoms with Crippen LogP contribution in [0, 0.1) is 11.3 Å². The molecule has 32 heavy (non-hydrogen) atoms. The number of nitrogens with zero attached hydrogens (tertiary/aromatic N) is 1. The Kier molecular flexibility index (Phi) is 6.85. The predicted molar refractivity (Wildman–Crippen MR) is 124 cm³/mol. The van der Waals surface area contributed by atoms with Crippen molar-refractivity contribution in [2.24, 2.45) is 0 Å². The SMILES string of the molecule is N#Cc1ccc2[nH]cc(CCCCNCCC(=O)Nc3ccc4oc(CO)cc4c3)c2c1. The smallest absolute Gasteiger partial charge is 0.225 e. The van der Waals surface area contributed by atoms with Crippen LogP contribution in [0.1, 0.15) is 36.1 Å². The van der Waals surface area contributed by atoms with E-state index in [9.17, 15) is 4.79 Å². The van der Waals surface area contributed by atoms with Gasteiger partial charge in [0.15, 0.2) is 0 Å². The molecule has 0 bridgehead atoms. The monoisotopic (exact) mass is 430 g/mol. The van der Waals surface area contributed by atoms with Crippen molar-refractivity contribution < 1.29 is 14.3 Å². The summed E-state index contributed by atoms with van der Waals surface area (Å²) >= 11 is 0. The third-order valence-corrected chi connectivity index (χ3v) is 5.48. The number of aliphatic hydroxyl groups excluding tert-OH is 1. The zero-order chi connectivity index (χ0) is 22.3. The Balaban J connectivity index is 1.15. The van der Waals surface area contributed by atoms with Gasteiger partial charge in [0, 0.05) is 41.1 Å². The zero-order valence-electron chi connectivity index (χ0n) is 17.8. The number of amides is 1. The summed E-state index contributed by atoms with van der Waals surface area (Å²) < 4.78 is 5.46. The van der Waals surface area contributed by atoms with Gasteiger partial charge < -0.3 is 25.1 Å². The number of carbonyl (C=O) groups excluding carboxylic acids is 1. The molecule has 0 aliphatic carbocycles. The summed E-state index contributed by atoms with van der Waals surface area (Å²) in [6, 6.07) is 15.1. The van der Waals surface area contributed by atoms with Crippen molar-refractivity contribution in [2.45, 2.75) is 32.3 Å². The second kappa shape index (κ2) is 10.1. The van der Waals surface area contributed by atoms with E-state index in [0.717, 1.165) is 42.1 Å². The second-order valence-electron chi connectivity index (χ2n) is 7.81. The second-order valence-corrected chi connectivity index (χ2v) is 7.81. The molecule has 4 N–H and O–H groups in total. The van der Waals surface area contributed by atoms with Crippen LogP contribution in [-0.2, 0) is 17.8 Å². The number of H-pyrrole nitrogens is 1. The van der Waals surface area contributed by atoms with E-state index >= 15 is 0 Å². The molecule has 0 atom stereocenters. The van der Waals surface area contributed by atoms with Crippen molar-refractivity contribution in [3.8, 4) is 6.07 Å². The lowest BCUT2D eigenvalue weighted by Gasteiger charge is -2.07. The summed E-state index contributed by atoms with van der Waals surface area (Å²) in [6.07, 6.45) is 5.41. The summed E-state index contributed by atoms with van der Waals surface area (Å²) in [6.45, 7) is 1.32. The number of fused-ring (bicyclic) bond motifs is 2. The van der Waals surface area contributed by atoms with Crippen molar-refractivity contribution in [2.75, 3.05) is 18.4 Å². The van der Waals surface area contributed by atoms with E-state index in [1.165, 1.54) is 5.56 Å². The fraction of sp³-hybridized carbons (Fsp3) is 0.280. The molecule has 2 heterocycles. The number of hydrogen-bond donors (Lipinski definition) is 4. The minimum Gasteiger partial charge on any atom is -0.459 e. The van der Waals surface area contributed by atoms with Crippen molar-refractivity contribution in [3.63, 3.8) is 0 Å². The minimum absolute atomic E-state index is 0.0465. The van der Waals surface area contributed by atoms with Gasteiger partial charge in [0.05, 0.1) is 11.6 Å². The van der Waals surface area contributed by atoms with Crippen LogP contribution < -0.4 is 10.6 Å².